The number of nitrogens with zero attached hydrogens (tertiary/aromatic N) is 1. The van der Waals surface area contributed by atoms with Gasteiger partial charge in [0.15, 0.2) is 11.9 Å². The SMILES string of the molecule is Br.Cc1ccc[n+](CC(=O)c2ccc(Br)cc2)c1C. The number of carbonyl (C=O) groups is 1. The second kappa shape index (κ2) is 6.96. The Labute approximate surface area is 132 Å². The van der Waals surface area contributed by atoms with Crippen molar-refractivity contribution in [1.29, 1.82) is 0 Å². The van der Waals surface area contributed by atoms with Gasteiger partial charge in [0.1, 0.15) is 0 Å². The molecule has 2 rings (SSSR count). The van der Waals surface area contributed by atoms with E-state index < -0.39 is 0 Å². The zero-order valence-corrected chi connectivity index (χ0v) is 14.2. The molecule has 0 fully saturated rings. The Balaban J connectivity index is 0.00000180. The first kappa shape index (κ1) is 16.1. The van der Waals surface area contributed by atoms with Crippen LogP contribution < -0.4 is 4.57 Å². The molecule has 19 heavy (non-hydrogen) atoms. The fourth-order valence-corrected chi connectivity index (χ4v) is 2.07. The fourth-order valence-electron chi connectivity index (χ4n) is 1.80. The smallest absolute Gasteiger partial charge is 0.227 e. The van der Waals surface area contributed by atoms with Gasteiger partial charge in [-0.1, -0.05) is 28.1 Å². The lowest BCUT2D eigenvalue weighted by molar-refractivity contribution is -0.689. The molecular weight excluding hydrogens is 370 g/mol. The van der Waals surface area contributed by atoms with Crippen LogP contribution in [0.5, 0.6) is 0 Å². The molecule has 0 saturated heterocycles. The van der Waals surface area contributed by atoms with Crippen molar-refractivity contribution in [3.05, 3.63) is 63.9 Å². The van der Waals surface area contributed by atoms with Crippen molar-refractivity contribution >= 4 is 38.7 Å². The molecule has 1 aromatic carbocycles. The van der Waals surface area contributed by atoms with Crippen LogP contribution in [0.15, 0.2) is 47.1 Å². The molecule has 0 radical (unpaired) electrons. The average molecular weight is 386 g/mol. The Bertz CT molecular complexity index is 579. The van der Waals surface area contributed by atoms with Crippen LogP contribution in [0.3, 0.4) is 0 Å². The van der Waals surface area contributed by atoms with Crippen LogP contribution >= 0.6 is 32.9 Å². The highest BCUT2D eigenvalue weighted by molar-refractivity contribution is 9.10. The van der Waals surface area contributed by atoms with Crippen molar-refractivity contribution < 1.29 is 9.36 Å². The number of aryl methyl sites for hydroxylation is 1. The van der Waals surface area contributed by atoms with E-state index in [0.717, 1.165) is 15.7 Å². The third kappa shape index (κ3) is 3.98. The Kier molecular flexibility index (Phi) is 5.88. The first-order chi connectivity index (χ1) is 8.58. The molecule has 100 valence electrons. The normalized spacial score (nSPS) is 9.84. The van der Waals surface area contributed by atoms with Gasteiger partial charge < -0.3 is 0 Å². The quantitative estimate of drug-likeness (QED) is 0.581. The van der Waals surface area contributed by atoms with Crippen molar-refractivity contribution in [2.24, 2.45) is 0 Å². The van der Waals surface area contributed by atoms with Gasteiger partial charge in [-0.25, -0.2) is 0 Å². The molecule has 0 N–H and O–H groups in total. The molecule has 0 saturated carbocycles. The molecule has 0 spiro atoms. The Hall–Kier alpha value is -1.00. The first-order valence-corrected chi connectivity index (χ1v) is 6.61. The van der Waals surface area contributed by atoms with Crippen molar-refractivity contribution in [2.45, 2.75) is 20.4 Å². The second-order valence-corrected chi connectivity index (χ2v) is 5.25. The summed E-state index contributed by atoms with van der Waals surface area (Å²) < 4.78 is 2.97. The summed E-state index contributed by atoms with van der Waals surface area (Å²) in [7, 11) is 0. The highest BCUT2D eigenvalue weighted by atomic mass is 79.9. The number of ketones is 1. The molecule has 2 aromatic rings. The van der Waals surface area contributed by atoms with Crippen LogP contribution in [0, 0.1) is 13.8 Å². The third-order valence-electron chi connectivity index (χ3n) is 3.09. The van der Waals surface area contributed by atoms with Gasteiger partial charge in [0.05, 0.1) is 0 Å². The number of halogens is 2. The van der Waals surface area contributed by atoms with Crippen molar-refractivity contribution in [3.8, 4) is 0 Å². The average Bonchev–Trinajstić information content (AvgIpc) is 2.36. The maximum absolute atomic E-state index is 12.2. The number of carbonyl (C=O) groups excluding carboxylic acids is 1. The maximum atomic E-state index is 12.2. The zero-order chi connectivity index (χ0) is 13.1. The fraction of sp³-hybridized carbons (Fsp3) is 0.200. The molecule has 0 atom stereocenters. The first-order valence-electron chi connectivity index (χ1n) is 5.82. The lowest BCUT2D eigenvalue weighted by Crippen LogP contribution is -2.41. The number of pyridine rings is 1. The van der Waals surface area contributed by atoms with Crippen LogP contribution in [0.2, 0.25) is 0 Å². The standard InChI is InChI=1S/C15H15BrNO.BrH/c1-11-4-3-9-17(12(11)2)10-15(18)13-5-7-14(16)8-6-13;/h3-9H,10H2,1-2H3;1H/q+1;. The van der Waals surface area contributed by atoms with Gasteiger partial charge in [0.25, 0.3) is 0 Å². The number of Topliss-reactive ketones (excluding diaryl/α,β-unsaturated/α-hetero) is 1. The van der Waals surface area contributed by atoms with Crippen LogP contribution in [0.1, 0.15) is 21.6 Å². The Morgan fingerprint density at radius 1 is 1.16 bits per heavy atom. The molecule has 1 heterocycles. The van der Waals surface area contributed by atoms with Gasteiger partial charge in [-0.05, 0) is 25.1 Å². The van der Waals surface area contributed by atoms with E-state index in [0.29, 0.717) is 6.54 Å². The lowest BCUT2D eigenvalue weighted by atomic mass is 10.1. The van der Waals surface area contributed by atoms with Crippen molar-refractivity contribution in [2.75, 3.05) is 0 Å². The van der Waals surface area contributed by atoms with E-state index in [1.54, 1.807) is 0 Å². The van der Waals surface area contributed by atoms with E-state index in [9.17, 15) is 4.79 Å². The molecule has 0 bridgehead atoms. The number of hydrogen-bond donors (Lipinski definition) is 0. The summed E-state index contributed by atoms with van der Waals surface area (Å²) in [4.78, 5) is 12.2. The summed E-state index contributed by atoms with van der Waals surface area (Å²) in [5.74, 6) is 0.126. The molecular formula is C15H16Br2NO+. The predicted molar refractivity (Wildman–Crippen MR) is 84.9 cm³/mol. The predicted octanol–water partition coefficient (Wildman–Crippen LogP) is 3.81. The third-order valence-corrected chi connectivity index (χ3v) is 3.62. The molecule has 2 nitrogen and oxygen atoms in total. The largest absolute Gasteiger partial charge is 0.287 e. The summed E-state index contributed by atoms with van der Waals surface area (Å²) >= 11 is 3.37. The van der Waals surface area contributed by atoms with Crippen LogP contribution in [-0.4, -0.2) is 5.78 Å². The molecule has 0 aliphatic rings. The summed E-state index contributed by atoms with van der Waals surface area (Å²) in [6.07, 6.45) is 1.94. The summed E-state index contributed by atoms with van der Waals surface area (Å²) in [6.45, 7) is 4.47. The molecule has 1 aromatic heterocycles. The minimum absolute atomic E-state index is 0. The van der Waals surface area contributed by atoms with Gasteiger partial charge in [-0.3, -0.25) is 4.79 Å². The summed E-state index contributed by atoms with van der Waals surface area (Å²) in [6, 6.07) is 11.5. The van der Waals surface area contributed by atoms with Crippen LogP contribution in [0.4, 0.5) is 0 Å². The highest BCUT2D eigenvalue weighted by Gasteiger charge is 2.15. The highest BCUT2D eigenvalue weighted by Crippen LogP contribution is 2.11. The Morgan fingerprint density at radius 2 is 1.79 bits per heavy atom. The van der Waals surface area contributed by atoms with E-state index in [2.05, 4.69) is 28.9 Å². The van der Waals surface area contributed by atoms with E-state index >= 15 is 0 Å². The number of benzene rings is 1. The number of aromatic nitrogens is 1. The molecule has 4 heteroatoms. The molecule has 0 unspecified atom stereocenters. The van der Waals surface area contributed by atoms with Crippen molar-refractivity contribution in [1.82, 2.24) is 0 Å². The summed E-state index contributed by atoms with van der Waals surface area (Å²) in [5, 5.41) is 0. The minimum atomic E-state index is 0. The van der Waals surface area contributed by atoms with Gasteiger partial charge in [-0.15, -0.1) is 17.0 Å². The van der Waals surface area contributed by atoms with Gasteiger partial charge in [0.2, 0.25) is 12.3 Å². The summed E-state index contributed by atoms with van der Waals surface area (Å²) in [5.41, 5.74) is 3.07. The van der Waals surface area contributed by atoms with Gasteiger partial charge >= 0.3 is 0 Å². The van der Waals surface area contributed by atoms with E-state index in [1.807, 2.05) is 48.0 Å². The van der Waals surface area contributed by atoms with E-state index in [1.165, 1.54) is 5.56 Å². The zero-order valence-electron chi connectivity index (χ0n) is 10.9. The van der Waals surface area contributed by atoms with Gasteiger partial charge in [0, 0.05) is 28.6 Å². The van der Waals surface area contributed by atoms with Crippen molar-refractivity contribution in [3.63, 3.8) is 0 Å². The second-order valence-electron chi connectivity index (χ2n) is 4.33. The van der Waals surface area contributed by atoms with E-state index in [-0.39, 0.29) is 22.8 Å². The molecule has 0 aliphatic carbocycles. The Morgan fingerprint density at radius 3 is 2.42 bits per heavy atom. The maximum Gasteiger partial charge on any atom is 0.227 e. The number of hydrogen-bond acceptors (Lipinski definition) is 1. The van der Waals surface area contributed by atoms with E-state index in [4.69, 9.17) is 0 Å². The van der Waals surface area contributed by atoms with Crippen LogP contribution in [0.25, 0.3) is 0 Å². The molecule has 0 aliphatic heterocycles. The van der Waals surface area contributed by atoms with Gasteiger partial charge in [-0.2, -0.15) is 4.57 Å². The molecule has 0 amide bonds. The lowest BCUT2D eigenvalue weighted by Gasteiger charge is -2.02. The van der Waals surface area contributed by atoms with Crippen LogP contribution in [-0.2, 0) is 6.54 Å². The monoisotopic (exact) mass is 384 g/mol. The number of rotatable bonds is 3. The topological polar surface area (TPSA) is 20.9 Å². The minimum Gasteiger partial charge on any atom is -0.287 e.